The number of nitrogens with two attached hydrogens (primary N) is 1. The van der Waals surface area contributed by atoms with E-state index >= 15 is 0 Å². The van der Waals surface area contributed by atoms with Crippen molar-refractivity contribution in [1.29, 1.82) is 0 Å². The predicted molar refractivity (Wildman–Crippen MR) is 114 cm³/mol. The number of hydrogen-bond acceptors (Lipinski definition) is 4. The number of alkyl halides is 2. The van der Waals surface area contributed by atoms with Crippen LogP contribution < -0.4 is 16.0 Å². The van der Waals surface area contributed by atoms with Crippen molar-refractivity contribution in [3.8, 4) is 17.0 Å². The molecule has 0 amide bonds. The quantitative estimate of drug-likeness (QED) is 0.570. The number of ether oxygens (including phenoxy) is 1. The fraction of sp³-hybridized carbons (Fsp3) is 0.409. The van der Waals surface area contributed by atoms with E-state index in [1.165, 1.54) is 6.20 Å². The molecular formula is C22H26F2N4O2. The van der Waals surface area contributed by atoms with Gasteiger partial charge in [0.25, 0.3) is 11.5 Å². The number of benzene rings is 1. The van der Waals surface area contributed by atoms with E-state index in [4.69, 9.17) is 10.5 Å². The molecule has 30 heavy (non-hydrogen) atoms. The maximum atomic E-state index is 13.4. The van der Waals surface area contributed by atoms with Crippen LogP contribution in [0, 0.1) is 5.41 Å². The third-order valence-electron chi connectivity index (χ3n) is 5.34. The highest BCUT2D eigenvalue weighted by Gasteiger charge is 2.39. The molecule has 1 fully saturated rings. The van der Waals surface area contributed by atoms with Crippen LogP contribution in [-0.4, -0.2) is 47.0 Å². The Morgan fingerprint density at radius 2 is 2.07 bits per heavy atom. The number of nitrogens with one attached hydrogen (secondary N) is 2. The molecule has 0 unspecified atom stereocenters. The summed E-state index contributed by atoms with van der Waals surface area (Å²) in [5, 5.41) is 0.904. The first kappa shape index (κ1) is 20.4. The maximum absolute atomic E-state index is 13.4. The number of nitrogen functional groups attached to an aromatic ring is 1. The topological polar surface area (TPSA) is 87.1 Å². The Bertz CT molecular complexity index is 1120. The number of halogens is 2. The molecule has 4 N–H and O–H groups in total. The second-order valence-electron chi connectivity index (χ2n) is 8.88. The fourth-order valence-corrected chi connectivity index (χ4v) is 3.92. The zero-order valence-electron chi connectivity index (χ0n) is 17.1. The lowest BCUT2D eigenvalue weighted by Crippen LogP contribution is -2.37. The largest absolute Gasteiger partial charge is 0.493 e. The molecule has 1 aliphatic heterocycles. The van der Waals surface area contributed by atoms with E-state index in [1.54, 1.807) is 11.0 Å². The number of rotatable bonds is 6. The van der Waals surface area contributed by atoms with Gasteiger partial charge in [-0.25, -0.2) is 8.78 Å². The SMILES string of the molecule is CC(C)(COc1ccc2[nH]c(-c3cc(N)c[nH]c3=O)cc2c1)CN1CCC(F)(F)C1. The monoisotopic (exact) mass is 416 g/mol. The molecule has 6 nitrogen and oxygen atoms in total. The number of nitrogens with zero attached hydrogens (tertiary/aromatic N) is 1. The van der Waals surface area contributed by atoms with Gasteiger partial charge in [0.1, 0.15) is 5.75 Å². The molecule has 0 saturated carbocycles. The lowest BCUT2D eigenvalue weighted by molar-refractivity contribution is 0.00700. The van der Waals surface area contributed by atoms with Gasteiger partial charge in [-0.05, 0) is 30.3 Å². The van der Waals surface area contributed by atoms with Crippen LogP contribution in [0.2, 0.25) is 0 Å². The Morgan fingerprint density at radius 1 is 1.27 bits per heavy atom. The van der Waals surface area contributed by atoms with Crippen molar-refractivity contribution < 1.29 is 13.5 Å². The molecule has 3 heterocycles. The second-order valence-corrected chi connectivity index (χ2v) is 8.88. The highest BCUT2D eigenvalue weighted by molar-refractivity contribution is 5.87. The minimum Gasteiger partial charge on any atom is -0.493 e. The van der Waals surface area contributed by atoms with Crippen LogP contribution in [0.1, 0.15) is 20.3 Å². The normalized spacial score (nSPS) is 16.9. The van der Waals surface area contributed by atoms with Crippen molar-refractivity contribution in [1.82, 2.24) is 14.9 Å². The first-order valence-electron chi connectivity index (χ1n) is 9.95. The minimum atomic E-state index is -2.58. The summed E-state index contributed by atoms with van der Waals surface area (Å²) in [6, 6.07) is 9.15. The van der Waals surface area contributed by atoms with Crippen molar-refractivity contribution >= 4 is 16.6 Å². The van der Waals surface area contributed by atoms with Gasteiger partial charge in [-0.3, -0.25) is 9.69 Å². The van der Waals surface area contributed by atoms with Gasteiger partial charge in [-0.1, -0.05) is 13.8 Å². The summed E-state index contributed by atoms with van der Waals surface area (Å²) in [6.45, 7) is 5.23. The van der Waals surface area contributed by atoms with Crippen LogP contribution in [-0.2, 0) is 0 Å². The molecule has 0 aliphatic carbocycles. The van der Waals surface area contributed by atoms with E-state index < -0.39 is 5.92 Å². The zero-order chi connectivity index (χ0) is 21.5. The minimum absolute atomic E-state index is 0.0771. The number of hydrogen-bond donors (Lipinski definition) is 3. The average Bonchev–Trinajstić information content (AvgIpc) is 3.23. The van der Waals surface area contributed by atoms with E-state index in [0.29, 0.717) is 42.4 Å². The van der Waals surface area contributed by atoms with Crippen LogP contribution in [0.25, 0.3) is 22.2 Å². The highest BCUT2D eigenvalue weighted by Crippen LogP contribution is 2.31. The Labute approximate surface area is 173 Å². The Balaban J connectivity index is 1.46. The Hall–Kier alpha value is -2.87. The maximum Gasteiger partial charge on any atom is 0.261 e. The number of aromatic amines is 2. The number of aromatic nitrogens is 2. The molecule has 1 aromatic carbocycles. The van der Waals surface area contributed by atoms with Crippen LogP contribution in [0.5, 0.6) is 5.75 Å². The van der Waals surface area contributed by atoms with Crippen LogP contribution in [0.3, 0.4) is 0 Å². The number of likely N-dealkylation sites (tertiary alicyclic amines) is 1. The van der Waals surface area contributed by atoms with Gasteiger partial charge in [0.15, 0.2) is 0 Å². The second kappa shape index (κ2) is 7.43. The highest BCUT2D eigenvalue weighted by atomic mass is 19.3. The van der Waals surface area contributed by atoms with E-state index in [1.807, 2.05) is 38.1 Å². The van der Waals surface area contributed by atoms with Gasteiger partial charge in [0.2, 0.25) is 0 Å². The van der Waals surface area contributed by atoms with E-state index in [-0.39, 0.29) is 23.9 Å². The average molecular weight is 416 g/mol. The third kappa shape index (κ3) is 4.48. The van der Waals surface area contributed by atoms with Crippen LogP contribution >= 0.6 is 0 Å². The predicted octanol–water partition coefficient (Wildman–Crippen LogP) is 3.85. The van der Waals surface area contributed by atoms with Crippen LogP contribution in [0.4, 0.5) is 14.5 Å². The smallest absolute Gasteiger partial charge is 0.261 e. The zero-order valence-corrected chi connectivity index (χ0v) is 17.1. The Morgan fingerprint density at radius 3 is 2.80 bits per heavy atom. The standard InChI is InChI=1S/C22H26F2N4O2/c1-21(2,11-28-6-5-22(23,24)12-28)13-30-16-3-4-18-14(7-16)8-19(27-18)17-9-15(25)10-26-20(17)29/h3-4,7-10,27H,5-6,11-13,25H2,1-2H3,(H,26,29). The van der Waals surface area contributed by atoms with Gasteiger partial charge >= 0.3 is 0 Å². The van der Waals surface area contributed by atoms with E-state index in [9.17, 15) is 13.6 Å². The van der Waals surface area contributed by atoms with E-state index in [2.05, 4.69) is 9.97 Å². The van der Waals surface area contributed by atoms with Gasteiger partial charge in [0, 0.05) is 47.7 Å². The molecule has 2 aromatic heterocycles. The van der Waals surface area contributed by atoms with Crippen molar-refractivity contribution in [2.45, 2.75) is 26.2 Å². The number of pyridine rings is 1. The number of H-pyrrole nitrogens is 2. The van der Waals surface area contributed by atoms with E-state index in [0.717, 1.165) is 10.9 Å². The van der Waals surface area contributed by atoms with Crippen molar-refractivity contribution in [3.63, 3.8) is 0 Å². The molecule has 0 radical (unpaired) electrons. The first-order valence-corrected chi connectivity index (χ1v) is 9.95. The molecule has 0 bridgehead atoms. The molecule has 1 aliphatic rings. The van der Waals surface area contributed by atoms with Gasteiger partial charge in [-0.2, -0.15) is 0 Å². The molecule has 3 aromatic rings. The lowest BCUT2D eigenvalue weighted by atomic mass is 9.94. The lowest BCUT2D eigenvalue weighted by Gasteiger charge is -2.30. The van der Waals surface area contributed by atoms with Gasteiger partial charge < -0.3 is 20.4 Å². The summed E-state index contributed by atoms with van der Waals surface area (Å²) >= 11 is 0. The molecule has 0 spiro atoms. The Kier molecular flexibility index (Phi) is 5.05. The molecule has 1 saturated heterocycles. The number of fused-ring (bicyclic) bond motifs is 1. The summed E-state index contributed by atoms with van der Waals surface area (Å²) in [6.07, 6.45) is 1.39. The van der Waals surface area contributed by atoms with Gasteiger partial charge in [0.05, 0.1) is 24.4 Å². The summed E-state index contributed by atoms with van der Waals surface area (Å²) in [5.41, 5.74) is 7.79. The summed E-state index contributed by atoms with van der Waals surface area (Å²) in [5.74, 6) is -1.90. The summed E-state index contributed by atoms with van der Waals surface area (Å²) in [4.78, 5) is 19.7. The summed E-state index contributed by atoms with van der Waals surface area (Å²) in [7, 11) is 0. The first-order chi connectivity index (χ1) is 14.1. The van der Waals surface area contributed by atoms with Crippen LogP contribution in [0.15, 0.2) is 41.3 Å². The molecule has 160 valence electrons. The van der Waals surface area contributed by atoms with Crippen molar-refractivity contribution in [2.75, 3.05) is 32.0 Å². The van der Waals surface area contributed by atoms with Crippen molar-refractivity contribution in [2.24, 2.45) is 5.41 Å². The molecule has 4 rings (SSSR count). The molecule has 8 heteroatoms. The molecule has 0 atom stereocenters. The fourth-order valence-electron chi connectivity index (χ4n) is 3.92. The summed E-state index contributed by atoms with van der Waals surface area (Å²) < 4.78 is 32.9. The third-order valence-corrected chi connectivity index (χ3v) is 5.34. The van der Waals surface area contributed by atoms with Gasteiger partial charge in [-0.15, -0.1) is 0 Å². The van der Waals surface area contributed by atoms with Crippen molar-refractivity contribution in [3.05, 3.63) is 46.9 Å². The number of anilines is 1. The molecular weight excluding hydrogens is 390 g/mol.